The van der Waals surface area contributed by atoms with E-state index in [1.807, 2.05) is 13.8 Å². The van der Waals surface area contributed by atoms with Crippen LogP contribution in [0.5, 0.6) is 0 Å². The molecule has 0 aromatic rings. The van der Waals surface area contributed by atoms with Gasteiger partial charge in [-0.05, 0) is 18.3 Å². The molecule has 2 atom stereocenters. The maximum Gasteiger partial charge on any atom is 0.311 e. The van der Waals surface area contributed by atoms with E-state index in [9.17, 15) is 9.90 Å². The maximum atomic E-state index is 11.3. The zero-order valence-corrected chi connectivity index (χ0v) is 9.71. The third kappa shape index (κ3) is 2.71. The molecule has 0 aliphatic rings. The number of hydrogen-bond acceptors (Lipinski definition) is 2. The van der Waals surface area contributed by atoms with Gasteiger partial charge in [-0.15, -0.1) is 0 Å². The molecule has 0 fully saturated rings. The van der Waals surface area contributed by atoms with Crippen molar-refractivity contribution >= 4 is 5.97 Å². The highest BCUT2D eigenvalue weighted by Gasteiger charge is 2.41. The Balaban J connectivity index is 4.76. The van der Waals surface area contributed by atoms with Crippen LogP contribution in [-0.4, -0.2) is 17.6 Å². The van der Waals surface area contributed by atoms with E-state index in [0.717, 1.165) is 6.42 Å². The smallest absolute Gasteiger partial charge is 0.311 e. The van der Waals surface area contributed by atoms with Gasteiger partial charge in [-0.3, -0.25) is 4.79 Å². The molecule has 0 amide bonds. The molecule has 3 nitrogen and oxygen atoms in total. The Hall–Kier alpha value is -0.570. The van der Waals surface area contributed by atoms with E-state index >= 15 is 0 Å². The van der Waals surface area contributed by atoms with Gasteiger partial charge in [0.2, 0.25) is 0 Å². The Morgan fingerprint density at radius 1 is 1.43 bits per heavy atom. The second kappa shape index (κ2) is 5.35. The lowest BCUT2D eigenvalue weighted by Gasteiger charge is -2.34. The van der Waals surface area contributed by atoms with Crippen LogP contribution >= 0.6 is 0 Å². The highest BCUT2D eigenvalue weighted by atomic mass is 16.4. The normalized spacial score (nSPS) is 17.9. The van der Waals surface area contributed by atoms with Crippen molar-refractivity contribution in [1.82, 2.24) is 0 Å². The van der Waals surface area contributed by atoms with E-state index in [4.69, 9.17) is 5.73 Å². The number of aliphatic carboxylic acids is 1. The van der Waals surface area contributed by atoms with Gasteiger partial charge in [0.05, 0.1) is 5.41 Å². The fraction of sp³-hybridized carbons (Fsp3) is 0.909. The molecular weight excluding hydrogens is 178 g/mol. The summed E-state index contributed by atoms with van der Waals surface area (Å²) in [4.78, 5) is 11.3. The molecule has 0 aliphatic carbocycles. The first kappa shape index (κ1) is 13.4. The van der Waals surface area contributed by atoms with Crippen LogP contribution in [0, 0.1) is 17.3 Å². The van der Waals surface area contributed by atoms with Crippen LogP contribution in [0.15, 0.2) is 0 Å². The molecule has 0 aromatic heterocycles. The zero-order valence-electron chi connectivity index (χ0n) is 9.71. The molecule has 0 saturated heterocycles. The molecule has 0 spiro atoms. The minimum atomic E-state index is -0.754. The van der Waals surface area contributed by atoms with Gasteiger partial charge in [0.15, 0.2) is 0 Å². The maximum absolute atomic E-state index is 11.3. The van der Waals surface area contributed by atoms with Gasteiger partial charge in [0.25, 0.3) is 0 Å². The lowest BCUT2D eigenvalue weighted by atomic mass is 9.71. The van der Waals surface area contributed by atoms with Gasteiger partial charge in [-0.25, -0.2) is 0 Å². The molecule has 0 bridgehead atoms. The fourth-order valence-electron chi connectivity index (χ4n) is 1.74. The van der Waals surface area contributed by atoms with Crippen molar-refractivity contribution in [3.8, 4) is 0 Å². The summed E-state index contributed by atoms with van der Waals surface area (Å²) >= 11 is 0. The Kier molecular flexibility index (Phi) is 5.13. The summed E-state index contributed by atoms with van der Waals surface area (Å²) in [6.45, 7) is 8.25. The van der Waals surface area contributed by atoms with Gasteiger partial charge >= 0.3 is 5.97 Å². The van der Waals surface area contributed by atoms with Crippen molar-refractivity contribution in [3.63, 3.8) is 0 Å². The lowest BCUT2D eigenvalue weighted by Crippen LogP contribution is -2.44. The molecule has 0 rings (SSSR count). The van der Waals surface area contributed by atoms with Gasteiger partial charge in [0, 0.05) is 6.54 Å². The number of rotatable bonds is 6. The molecule has 3 N–H and O–H groups in total. The minimum absolute atomic E-state index is 0.0824. The summed E-state index contributed by atoms with van der Waals surface area (Å²) in [5, 5.41) is 9.26. The molecule has 0 aromatic carbocycles. The Bertz CT molecular complexity index is 192. The highest BCUT2D eigenvalue weighted by Crippen LogP contribution is 2.34. The van der Waals surface area contributed by atoms with E-state index in [-0.39, 0.29) is 12.5 Å². The number of nitrogens with two attached hydrogens (primary N) is 1. The summed E-state index contributed by atoms with van der Waals surface area (Å²) in [7, 11) is 0. The van der Waals surface area contributed by atoms with Crippen molar-refractivity contribution in [3.05, 3.63) is 0 Å². The Morgan fingerprint density at radius 3 is 2.14 bits per heavy atom. The van der Waals surface area contributed by atoms with Crippen molar-refractivity contribution in [1.29, 1.82) is 0 Å². The number of carboxylic acid groups (broad SMARTS) is 1. The lowest BCUT2D eigenvalue weighted by molar-refractivity contribution is -0.152. The topological polar surface area (TPSA) is 63.3 Å². The van der Waals surface area contributed by atoms with E-state index < -0.39 is 11.4 Å². The quantitative estimate of drug-likeness (QED) is 0.691. The summed E-state index contributed by atoms with van der Waals surface area (Å²) in [5.74, 6) is -0.258. The van der Waals surface area contributed by atoms with Gasteiger partial charge in [0.1, 0.15) is 0 Å². The molecule has 0 heterocycles. The average Bonchev–Trinajstić information content (AvgIpc) is 2.12. The molecule has 2 unspecified atom stereocenters. The van der Waals surface area contributed by atoms with Crippen LogP contribution in [0.4, 0.5) is 0 Å². The summed E-state index contributed by atoms with van der Waals surface area (Å²) in [6.07, 6.45) is 1.68. The van der Waals surface area contributed by atoms with E-state index in [0.29, 0.717) is 12.3 Å². The zero-order chi connectivity index (χ0) is 11.4. The van der Waals surface area contributed by atoms with Crippen LogP contribution in [0.2, 0.25) is 0 Å². The highest BCUT2D eigenvalue weighted by molar-refractivity contribution is 5.75. The van der Waals surface area contributed by atoms with Crippen LogP contribution in [0.3, 0.4) is 0 Å². The summed E-state index contributed by atoms with van der Waals surface area (Å²) < 4.78 is 0. The van der Waals surface area contributed by atoms with Crippen LogP contribution in [0.25, 0.3) is 0 Å². The molecule has 0 radical (unpaired) electrons. The van der Waals surface area contributed by atoms with Crippen LogP contribution < -0.4 is 5.73 Å². The Labute approximate surface area is 86.7 Å². The molecule has 0 aliphatic heterocycles. The molecule has 3 heteroatoms. The van der Waals surface area contributed by atoms with Gasteiger partial charge in [-0.1, -0.05) is 34.1 Å². The monoisotopic (exact) mass is 201 g/mol. The standard InChI is InChI=1S/C11H23NO2/c1-5-9(4)6-11(7-12,8(2)3)10(13)14/h8-9H,5-7,12H2,1-4H3,(H,13,14). The predicted molar refractivity (Wildman–Crippen MR) is 58.0 cm³/mol. The number of carbonyl (C=O) groups is 1. The van der Waals surface area contributed by atoms with Gasteiger partial charge in [-0.2, -0.15) is 0 Å². The van der Waals surface area contributed by atoms with Gasteiger partial charge < -0.3 is 10.8 Å². The van der Waals surface area contributed by atoms with Crippen molar-refractivity contribution < 1.29 is 9.90 Å². The number of carboxylic acids is 1. The Morgan fingerprint density at radius 2 is 1.93 bits per heavy atom. The minimum Gasteiger partial charge on any atom is -0.481 e. The van der Waals surface area contributed by atoms with Crippen molar-refractivity contribution in [2.45, 2.75) is 40.5 Å². The first-order valence-corrected chi connectivity index (χ1v) is 5.34. The second-order valence-electron chi connectivity index (χ2n) is 4.54. The molecule has 84 valence electrons. The van der Waals surface area contributed by atoms with E-state index in [2.05, 4.69) is 13.8 Å². The second-order valence-corrected chi connectivity index (χ2v) is 4.54. The summed E-state index contributed by atoms with van der Waals surface area (Å²) in [6, 6.07) is 0. The van der Waals surface area contributed by atoms with E-state index in [1.165, 1.54) is 0 Å². The number of hydrogen-bond donors (Lipinski definition) is 2. The largest absolute Gasteiger partial charge is 0.481 e. The predicted octanol–water partition coefficient (Wildman–Crippen LogP) is 2.11. The third-order valence-electron chi connectivity index (χ3n) is 3.30. The van der Waals surface area contributed by atoms with E-state index in [1.54, 1.807) is 0 Å². The van der Waals surface area contributed by atoms with Crippen LogP contribution in [0.1, 0.15) is 40.5 Å². The van der Waals surface area contributed by atoms with Crippen molar-refractivity contribution in [2.24, 2.45) is 23.0 Å². The first-order chi connectivity index (χ1) is 6.40. The molecule has 0 saturated carbocycles. The van der Waals surface area contributed by atoms with Crippen LogP contribution in [-0.2, 0) is 4.79 Å². The summed E-state index contributed by atoms with van der Waals surface area (Å²) in [5.41, 5.74) is 4.89. The van der Waals surface area contributed by atoms with Crippen molar-refractivity contribution in [2.75, 3.05) is 6.54 Å². The average molecular weight is 201 g/mol. The third-order valence-corrected chi connectivity index (χ3v) is 3.30. The molecule has 14 heavy (non-hydrogen) atoms. The fourth-order valence-corrected chi connectivity index (χ4v) is 1.74. The SMILES string of the molecule is CCC(C)CC(CN)(C(=O)O)C(C)C. The molecular formula is C11H23NO2. The first-order valence-electron chi connectivity index (χ1n) is 5.34.